The van der Waals surface area contributed by atoms with E-state index >= 15 is 0 Å². The van der Waals surface area contributed by atoms with Crippen molar-refractivity contribution in [3.05, 3.63) is 16.7 Å². The number of sulfonamides is 1. The molecule has 6 nitrogen and oxygen atoms in total. The second-order valence-corrected chi connectivity index (χ2v) is 7.20. The quantitative estimate of drug-likeness (QED) is 0.871. The fraction of sp³-hybridized carbons (Fsp3) is 0.545. The number of halogens is 1. The zero-order valence-electron chi connectivity index (χ0n) is 10.7. The van der Waals surface area contributed by atoms with Gasteiger partial charge in [-0.3, -0.25) is 0 Å². The average molecular weight is 349 g/mol. The van der Waals surface area contributed by atoms with Crippen LogP contribution in [0.4, 0.5) is 5.82 Å². The second-order valence-electron chi connectivity index (χ2n) is 4.38. The van der Waals surface area contributed by atoms with Crippen LogP contribution in [0.5, 0.6) is 0 Å². The molecular weight excluding hydrogens is 332 g/mol. The van der Waals surface area contributed by atoms with Gasteiger partial charge in [-0.25, -0.2) is 13.4 Å². The van der Waals surface area contributed by atoms with Crippen LogP contribution in [0.25, 0.3) is 0 Å². The van der Waals surface area contributed by atoms with Crippen LogP contribution in [0, 0.1) is 0 Å². The molecule has 106 valence electrons. The maximum Gasteiger partial charge on any atom is 0.246 e. The summed E-state index contributed by atoms with van der Waals surface area (Å²) in [6.07, 6.45) is 1.49. The van der Waals surface area contributed by atoms with Gasteiger partial charge in [0.2, 0.25) is 10.0 Å². The smallest absolute Gasteiger partial charge is 0.246 e. The minimum Gasteiger partial charge on any atom is -0.383 e. The minimum atomic E-state index is -3.56. The zero-order chi connectivity index (χ0) is 14.0. The van der Waals surface area contributed by atoms with Gasteiger partial charge in [-0.1, -0.05) is 6.92 Å². The Labute approximate surface area is 121 Å². The van der Waals surface area contributed by atoms with Crippen LogP contribution >= 0.6 is 15.9 Å². The van der Waals surface area contributed by atoms with E-state index in [0.29, 0.717) is 17.6 Å². The summed E-state index contributed by atoms with van der Waals surface area (Å²) in [5.41, 5.74) is 5.69. The number of nitrogens with two attached hydrogens (primary N) is 1. The molecule has 0 bridgehead atoms. The average Bonchev–Trinajstić information content (AvgIpc) is 2.41. The predicted molar refractivity (Wildman–Crippen MR) is 77.2 cm³/mol. The van der Waals surface area contributed by atoms with E-state index in [2.05, 4.69) is 32.7 Å². The normalized spacial score (nSPS) is 18.6. The number of rotatable bonds is 3. The lowest BCUT2D eigenvalue weighted by atomic mass is 10.4. The number of nitrogen functional groups attached to an aromatic ring is 1. The van der Waals surface area contributed by atoms with E-state index in [-0.39, 0.29) is 10.7 Å². The molecular formula is C11H17BrN4O2S. The van der Waals surface area contributed by atoms with Gasteiger partial charge in [0.05, 0.1) is 0 Å². The molecule has 2 rings (SSSR count). The van der Waals surface area contributed by atoms with E-state index in [1.54, 1.807) is 0 Å². The van der Waals surface area contributed by atoms with Gasteiger partial charge < -0.3 is 10.6 Å². The molecule has 1 saturated heterocycles. The Hall–Kier alpha value is -0.700. The molecule has 0 aromatic carbocycles. The number of anilines is 1. The highest BCUT2D eigenvalue weighted by molar-refractivity contribution is 9.10. The van der Waals surface area contributed by atoms with Crippen molar-refractivity contribution in [1.82, 2.24) is 14.2 Å². The predicted octanol–water partition coefficient (Wildman–Crippen LogP) is 0.752. The van der Waals surface area contributed by atoms with Gasteiger partial charge in [0.1, 0.15) is 10.7 Å². The number of likely N-dealkylation sites (N-methyl/N-ethyl adjacent to an activating group) is 1. The molecule has 1 aliphatic heterocycles. The van der Waals surface area contributed by atoms with Crippen molar-refractivity contribution in [3.8, 4) is 0 Å². The molecule has 19 heavy (non-hydrogen) atoms. The summed E-state index contributed by atoms with van der Waals surface area (Å²) >= 11 is 3.22. The van der Waals surface area contributed by atoms with Crippen molar-refractivity contribution < 1.29 is 8.42 Å². The largest absolute Gasteiger partial charge is 0.383 e. The standard InChI is InChI=1S/C11H17BrN4O2S/c1-2-15-3-5-16(6-4-15)19(17,18)10-7-9(12)8-14-11(10)13/h7-8H,2-6H2,1H3,(H2,13,14). The molecule has 0 saturated carbocycles. The van der Waals surface area contributed by atoms with Gasteiger partial charge >= 0.3 is 0 Å². The third-order valence-electron chi connectivity index (χ3n) is 3.24. The molecule has 1 aromatic heterocycles. The topological polar surface area (TPSA) is 79.5 Å². The van der Waals surface area contributed by atoms with Crippen molar-refractivity contribution in [1.29, 1.82) is 0 Å². The van der Waals surface area contributed by atoms with Gasteiger partial charge in [0, 0.05) is 36.8 Å². The first kappa shape index (κ1) is 14.7. The number of hydrogen-bond acceptors (Lipinski definition) is 5. The van der Waals surface area contributed by atoms with Crippen LogP contribution < -0.4 is 5.73 Å². The molecule has 1 aliphatic rings. The lowest BCUT2D eigenvalue weighted by Crippen LogP contribution is -2.48. The molecule has 1 aromatic rings. The highest BCUT2D eigenvalue weighted by atomic mass is 79.9. The Morgan fingerprint density at radius 1 is 1.37 bits per heavy atom. The highest BCUT2D eigenvalue weighted by Gasteiger charge is 2.30. The van der Waals surface area contributed by atoms with Crippen molar-refractivity contribution in [2.45, 2.75) is 11.8 Å². The second kappa shape index (κ2) is 5.74. The Bertz CT molecular complexity index is 556. The van der Waals surface area contributed by atoms with E-state index in [4.69, 9.17) is 5.73 Å². The Morgan fingerprint density at radius 3 is 2.58 bits per heavy atom. The van der Waals surface area contributed by atoms with Crippen LogP contribution in [0.2, 0.25) is 0 Å². The van der Waals surface area contributed by atoms with Gasteiger partial charge in [-0.05, 0) is 28.5 Å². The molecule has 2 heterocycles. The maximum atomic E-state index is 12.5. The van der Waals surface area contributed by atoms with Crippen LogP contribution in [0.3, 0.4) is 0 Å². The monoisotopic (exact) mass is 348 g/mol. The summed E-state index contributed by atoms with van der Waals surface area (Å²) in [7, 11) is -3.56. The van der Waals surface area contributed by atoms with E-state index in [0.717, 1.165) is 19.6 Å². The van der Waals surface area contributed by atoms with Gasteiger partial charge in [0.25, 0.3) is 0 Å². The molecule has 2 N–H and O–H groups in total. The van der Waals surface area contributed by atoms with E-state index in [9.17, 15) is 8.42 Å². The number of piperazine rings is 1. The van der Waals surface area contributed by atoms with E-state index in [1.165, 1.54) is 16.6 Å². The molecule has 0 atom stereocenters. The fourth-order valence-corrected chi connectivity index (χ4v) is 4.06. The summed E-state index contributed by atoms with van der Waals surface area (Å²) in [4.78, 5) is 6.18. The molecule has 1 fully saturated rings. The van der Waals surface area contributed by atoms with E-state index < -0.39 is 10.0 Å². The Morgan fingerprint density at radius 2 is 2.00 bits per heavy atom. The third-order valence-corrected chi connectivity index (χ3v) is 5.61. The van der Waals surface area contributed by atoms with Crippen molar-refractivity contribution in [2.75, 3.05) is 38.5 Å². The molecule has 0 aliphatic carbocycles. The first-order chi connectivity index (χ1) is 8.95. The van der Waals surface area contributed by atoms with Gasteiger partial charge in [0.15, 0.2) is 0 Å². The lowest BCUT2D eigenvalue weighted by molar-refractivity contribution is 0.196. The third kappa shape index (κ3) is 3.07. The summed E-state index contributed by atoms with van der Waals surface area (Å²) in [5, 5.41) is 0. The molecule has 0 unspecified atom stereocenters. The number of aromatic nitrogens is 1. The molecule has 8 heteroatoms. The fourth-order valence-electron chi connectivity index (χ4n) is 2.06. The Kier molecular flexibility index (Phi) is 4.44. The summed E-state index contributed by atoms with van der Waals surface area (Å²) in [5.74, 6) is 0.0427. The van der Waals surface area contributed by atoms with Gasteiger partial charge in [-0.2, -0.15) is 4.31 Å². The Balaban J connectivity index is 2.26. The minimum absolute atomic E-state index is 0.0427. The molecule has 0 spiro atoms. The van der Waals surface area contributed by atoms with Crippen LogP contribution in [0.15, 0.2) is 21.6 Å². The van der Waals surface area contributed by atoms with Crippen LogP contribution in [0.1, 0.15) is 6.92 Å². The molecule has 0 radical (unpaired) electrons. The van der Waals surface area contributed by atoms with Crippen molar-refractivity contribution >= 4 is 31.8 Å². The van der Waals surface area contributed by atoms with Crippen molar-refractivity contribution in [2.24, 2.45) is 0 Å². The van der Waals surface area contributed by atoms with Gasteiger partial charge in [-0.15, -0.1) is 0 Å². The summed E-state index contributed by atoms with van der Waals surface area (Å²) in [6.45, 7) is 5.48. The first-order valence-corrected chi connectivity index (χ1v) is 8.32. The first-order valence-electron chi connectivity index (χ1n) is 6.08. The van der Waals surface area contributed by atoms with Crippen LogP contribution in [-0.4, -0.2) is 55.3 Å². The number of hydrogen-bond donors (Lipinski definition) is 1. The number of nitrogens with zero attached hydrogens (tertiary/aromatic N) is 3. The lowest BCUT2D eigenvalue weighted by Gasteiger charge is -2.33. The molecule has 0 amide bonds. The zero-order valence-corrected chi connectivity index (χ0v) is 13.1. The summed E-state index contributed by atoms with van der Waals surface area (Å²) in [6, 6.07) is 1.50. The SMILES string of the molecule is CCN1CCN(S(=O)(=O)c2cc(Br)cnc2N)CC1. The number of pyridine rings is 1. The highest BCUT2D eigenvalue weighted by Crippen LogP contribution is 2.24. The van der Waals surface area contributed by atoms with Crippen molar-refractivity contribution in [3.63, 3.8) is 0 Å². The maximum absolute atomic E-state index is 12.5. The summed E-state index contributed by atoms with van der Waals surface area (Å²) < 4.78 is 27.1. The van der Waals surface area contributed by atoms with E-state index in [1.807, 2.05) is 0 Å². The van der Waals surface area contributed by atoms with Crippen LogP contribution in [-0.2, 0) is 10.0 Å².